The Balaban J connectivity index is 1.95. The Morgan fingerprint density at radius 2 is 1.91 bits per heavy atom. The fourth-order valence-corrected chi connectivity index (χ4v) is 0.974. The number of hydrogen-bond donors (Lipinski definition) is 0. The number of ether oxygens (including phenoxy) is 2. The standard InChI is InChI=1S/C9H10O2/c1-2-4-8(5-3-1)11-9-6-10-7-9/h1-5,9H,6-7H2. The van der Waals surface area contributed by atoms with E-state index in [9.17, 15) is 0 Å². The van der Waals surface area contributed by atoms with Gasteiger partial charge in [-0.05, 0) is 12.1 Å². The van der Waals surface area contributed by atoms with Crippen molar-refractivity contribution in [1.82, 2.24) is 0 Å². The first-order valence-corrected chi connectivity index (χ1v) is 3.74. The molecule has 1 aliphatic rings. The minimum Gasteiger partial charge on any atom is -0.486 e. The molecule has 1 saturated heterocycles. The summed E-state index contributed by atoms with van der Waals surface area (Å²) in [5, 5.41) is 0. The minimum absolute atomic E-state index is 0.275. The van der Waals surface area contributed by atoms with E-state index < -0.39 is 0 Å². The summed E-state index contributed by atoms with van der Waals surface area (Å²) in [4.78, 5) is 0. The van der Waals surface area contributed by atoms with Gasteiger partial charge in [0.2, 0.25) is 0 Å². The van der Waals surface area contributed by atoms with E-state index in [-0.39, 0.29) is 6.10 Å². The van der Waals surface area contributed by atoms with Gasteiger partial charge in [0.25, 0.3) is 0 Å². The van der Waals surface area contributed by atoms with E-state index in [1.807, 2.05) is 30.3 Å². The fourth-order valence-electron chi connectivity index (χ4n) is 0.974. The topological polar surface area (TPSA) is 18.5 Å². The highest BCUT2D eigenvalue weighted by atomic mass is 16.6. The van der Waals surface area contributed by atoms with Gasteiger partial charge in [-0.1, -0.05) is 18.2 Å². The van der Waals surface area contributed by atoms with Crippen molar-refractivity contribution in [3.05, 3.63) is 30.3 Å². The zero-order valence-corrected chi connectivity index (χ0v) is 6.19. The van der Waals surface area contributed by atoms with Crippen molar-refractivity contribution in [2.75, 3.05) is 13.2 Å². The van der Waals surface area contributed by atoms with Crippen LogP contribution < -0.4 is 4.74 Å². The van der Waals surface area contributed by atoms with Crippen molar-refractivity contribution >= 4 is 0 Å². The van der Waals surface area contributed by atoms with Gasteiger partial charge in [-0.25, -0.2) is 0 Å². The van der Waals surface area contributed by atoms with Crippen LogP contribution in [-0.2, 0) is 4.74 Å². The Kier molecular flexibility index (Phi) is 1.78. The van der Waals surface area contributed by atoms with Gasteiger partial charge < -0.3 is 9.47 Å². The highest BCUT2D eigenvalue weighted by Crippen LogP contribution is 2.14. The minimum atomic E-state index is 0.275. The van der Waals surface area contributed by atoms with E-state index in [1.54, 1.807) is 0 Å². The Morgan fingerprint density at radius 1 is 1.18 bits per heavy atom. The summed E-state index contributed by atoms with van der Waals surface area (Å²) in [5.41, 5.74) is 0. The lowest BCUT2D eigenvalue weighted by Gasteiger charge is -2.26. The van der Waals surface area contributed by atoms with Gasteiger partial charge in [0.1, 0.15) is 11.9 Å². The Labute approximate surface area is 65.7 Å². The molecule has 0 saturated carbocycles. The smallest absolute Gasteiger partial charge is 0.145 e. The van der Waals surface area contributed by atoms with Crippen molar-refractivity contribution in [3.63, 3.8) is 0 Å². The quantitative estimate of drug-likeness (QED) is 0.635. The summed E-state index contributed by atoms with van der Waals surface area (Å²) in [6.07, 6.45) is 0.275. The van der Waals surface area contributed by atoms with E-state index in [0.717, 1.165) is 19.0 Å². The molecule has 58 valence electrons. The molecule has 0 aliphatic carbocycles. The van der Waals surface area contributed by atoms with Crippen molar-refractivity contribution in [1.29, 1.82) is 0 Å². The van der Waals surface area contributed by atoms with Gasteiger partial charge in [-0.15, -0.1) is 0 Å². The molecule has 0 spiro atoms. The highest BCUT2D eigenvalue weighted by Gasteiger charge is 2.19. The molecule has 0 N–H and O–H groups in total. The van der Waals surface area contributed by atoms with Gasteiger partial charge in [0, 0.05) is 0 Å². The molecule has 1 aliphatic heterocycles. The van der Waals surface area contributed by atoms with Crippen LogP contribution in [0.1, 0.15) is 0 Å². The van der Waals surface area contributed by atoms with Gasteiger partial charge in [-0.2, -0.15) is 0 Å². The van der Waals surface area contributed by atoms with Crippen LogP contribution in [0.4, 0.5) is 0 Å². The summed E-state index contributed by atoms with van der Waals surface area (Å²) < 4.78 is 10.5. The van der Waals surface area contributed by atoms with Gasteiger partial charge >= 0.3 is 0 Å². The Hall–Kier alpha value is -1.02. The molecule has 2 heteroatoms. The SMILES string of the molecule is c1ccc(OC2COC2)cc1. The third-order valence-corrected chi connectivity index (χ3v) is 1.65. The first kappa shape index (κ1) is 6.68. The zero-order chi connectivity index (χ0) is 7.52. The number of rotatable bonds is 2. The maximum atomic E-state index is 5.53. The van der Waals surface area contributed by atoms with Crippen LogP contribution in [0.25, 0.3) is 0 Å². The maximum absolute atomic E-state index is 5.53. The first-order chi connectivity index (χ1) is 5.45. The molecule has 1 aromatic carbocycles. The molecule has 0 amide bonds. The van der Waals surface area contributed by atoms with Crippen LogP contribution in [0.3, 0.4) is 0 Å². The predicted octanol–water partition coefficient (Wildman–Crippen LogP) is 1.46. The summed E-state index contributed by atoms with van der Waals surface area (Å²) in [7, 11) is 0. The molecule has 0 aromatic heterocycles. The molecule has 0 bridgehead atoms. The number of para-hydroxylation sites is 1. The van der Waals surface area contributed by atoms with Crippen LogP contribution in [0.2, 0.25) is 0 Å². The third kappa shape index (κ3) is 1.52. The number of benzene rings is 1. The van der Waals surface area contributed by atoms with Crippen LogP contribution in [0, 0.1) is 0 Å². The van der Waals surface area contributed by atoms with Crippen molar-refractivity contribution < 1.29 is 9.47 Å². The van der Waals surface area contributed by atoms with E-state index >= 15 is 0 Å². The van der Waals surface area contributed by atoms with Crippen molar-refractivity contribution in [3.8, 4) is 5.75 Å². The highest BCUT2D eigenvalue weighted by molar-refractivity contribution is 5.21. The Bertz CT molecular complexity index is 216. The predicted molar refractivity (Wildman–Crippen MR) is 41.7 cm³/mol. The summed E-state index contributed by atoms with van der Waals surface area (Å²) in [6, 6.07) is 9.82. The molecule has 2 rings (SSSR count). The number of hydrogen-bond acceptors (Lipinski definition) is 2. The zero-order valence-electron chi connectivity index (χ0n) is 6.19. The molecule has 0 unspecified atom stereocenters. The molecule has 1 fully saturated rings. The lowest BCUT2D eigenvalue weighted by Crippen LogP contribution is -2.38. The second-order valence-electron chi connectivity index (χ2n) is 2.59. The average Bonchev–Trinajstić information content (AvgIpc) is 1.99. The Morgan fingerprint density at radius 3 is 2.45 bits per heavy atom. The van der Waals surface area contributed by atoms with Crippen LogP contribution in [0.15, 0.2) is 30.3 Å². The van der Waals surface area contributed by atoms with Crippen molar-refractivity contribution in [2.24, 2.45) is 0 Å². The van der Waals surface area contributed by atoms with Crippen molar-refractivity contribution in [2.45, 2.75) is 6.10 Å². The normalized spacial score (nSPS) is 17.5. The summed E-state index contributed by atoms with van der Waals surface area (Å²) in [5.74, 6) is 0.931. The van der Waals surface area contributed by atoms with E-state index in [2.05, 4.69) is 0 Å². The van der Waals surface area contributed by atoms with Gasteiger partial charge in [-0.3, -0.25) is 0 Å². The average molecular weight is 150 g/mol. The lowest BCUT2D eigenvalue weighted by atomic mass is 10.3. The molecule has 1 heterocycles. The van der Waals surface area contributed by atoms with Gasteiger partial charge in [0.05, 0.1) is 13.2 Å². The maximum Gasteiger partial charge on any atom is 0.145 e. The first-order valence-electron chi connectivity index (χ1n) is 3.74. The second kappa shape index (κ2) is 2.93. The molecule has 0 radical (unpaired) electrons. The molecule has 0 atom stereocenters. The van der Waals surface area contributed by atoms with E-state index in [4.69, 9.17) is 9.47 Å². The van der Waals surface area contributed by atoms with Crippen LogP contribution in [0.5, 0.6) is 5.75 Å². The van der Waals surface area contributed by atoms with Gasteiger partial charge in [0.15, 0.2) is 0 Å². The monoisotopic (exact) mass is 150 g/mol. The molecular weight excluding hydrogens is 140 g/mol. The second-order valence-corrected chi connectivity index (χ2v) is 2.59. The molecular formula is C9H10O2. The summed E-state index contributed by atoms with van der Waals surface area (Å²) in [6.45, 7) is 1.46. The van der Waals surface area contributed by atoms with Crippen LogP contribution >= 0.6 is 0 Å². The fraction of sp³-hybridized carbons (Fsp3) is 0.333. The van der Waals surface area contributed by atoms with E-state index in [0.29, 0.717) is 0 Å². The lowest BCUT2D eigenvalue weighted by molar-refractivity contribution is -0.0796. The molecule has 2 nitrogen and oxygen atoms in total. The van der Waals surface area contributed by atoms with Crippen LogP contribution in [-0.4, -0.2) is 19.3 Å². The molecule has 1 aromatic rings. The molecule has 11 heavy (non-hydrogen) atoms. The summed E-state index contributed by atoms with van der Waals surface area (Å²) >= 11 is 0. The largest absolute Gasteiger partial charge is 0.486 e. The van der Waals surface area contributed by atoms with E-state index in [1.165, 1.54) is 0 Å². The third-order valence-electron chi connectivity index (χ3n) is 1.65.